The van der Waals surface area contributed by atoms with Gasteiger partial charge in [-0.1, -0.05) is 12.1 Å². The van der Waals surface area contributed by atoms with Crippen molar-refractivity contribution in [3.63, 3.8) is 0 Å². The third kappa shape index (κ3) is 5.00. The number of amides is 1. The van der Waals surface area contributed by atoms with Crippen molar-refractivity contribution < 1.29 is 14.3 Å². The van der Waals surface area contributed by atoms with Gasteiger partial charge in [-0.2, -0.15) is 0 Å². The van der Waals surface area contributed by atoms with E-state index in [9.17, 15) is 14.4 Å². The van der Waals surface area contributed by atoms with E-state index in [2.05, 4.69) is 20.0 Å². The minimum Gasteiger partial charge on any atom is -0.465 e. The van der Waals surface area contributed by atoms with E-state index in [1.54, 1.807) is 38.1 Å². The lowest BCUT2D eigenvalue weighted by Gasteiger charge is -2.07. The summed E-state index contributed by atoms with van der Waals surface area (Å²) >= 11 is 0. The van der Waals surface area contributed by atoms with E-state index in [-0.39, 0.29) is 17.9 Å². The highest BCUT2D eigenvalue weighted by Gasteiger charge is 2.10. The van der Waals surface area contributed by atoms with Gasteiger partial charge in [-0.25, -0.2) is 9.78 Å². The highest BCUT2D eigenvalue weighted by Crippen LogP contribution is 2.06. The van der Waals surface area contributed by atoms with Crippen molar-refractivity contribution in [1.82, 2.24) is 15.3 Å². The Morgan fingerprint density at radius 1 is 1.20 bits per heavy atom. The molecule has 0 spiro atoms. The number of carbonyl (C=O) groups is 2. The van der Waals surface area contributed by atoms with Crippen LogP contribution in [-0.2, 0) is 22.5 Å². The smallest absolute Gasteiger partial charge is 0.337 e. The third-order valence-corrected chi connectivity index (χ3v) is 3.81. The molecule has 2 aromatic rings. The molecule has 0 radical (unpaired) electrons. The molecule has 0 aliphatic rings. The van der Waals surface area contributed by atoms with E-state index in [0.717, 1.165) is 5.56 Å². The van der Waals surface area contributed by atoms with Crippen LogP contribution >= 0.6 is 0 Å². The summed E-state index contributed by atoms with van der Waals surface area (Å²) in [5, 5.41) is 2.79. The van der Waals surface area contributed by atoms with Gasteiger partial charge in [0.2, 0.25) is 5.91 Å². The van der Waals surface area contributed by atoms with Crippen LogP contribution in [0.3, 0.4) is 0 Å². The van der Waals surface area contributed by atoms with Gasteiger partial charge >= 0.3 is 5.97 Å². The molecule has 0 aliphatic heterocycles. The number of nitrogens with one attached hydrogen (secondary N) is 2. The lowest BCUT2D eigenvalue weighted by Crippen LogP contribution is -2.25. The monoisotopic (exact) mass is 343 g/mol. The molecule has 1 amide bonds. The molecule has 0 fully saturated rings. The SMILES string of the molecule is COC(=O)c1ccc(CNC(=O)CCc2c(C)nc(C)[nH]c2=O)cc1. The van der Waals surface area contributed by atoms with E-state index in [0.29, 0.717) is 35.6 Å². The Bertz CT molecular complexity index is 825. The molecule has 1 heterocycles. The summed E-state index contributed by atoms with van der Waals surface area (Å²) in [6, 6.07) is 6.80. The Morgan fingerprint density at radius 3 is 2.48 bits per heavy atom. The van der Waals surface area contributed by atoms with Crippen molar-refractivity contribution in [1.29, 1.82) is 0 Å². The van der Waals surface area contributed by atoms with Crippen LogP contribution in [0, 0.1) is 13.8 Å². The summed E-state index contributed by atoms with van der Waals surface area (Å²) in [5.74, 6) is 0.00501. The number of aromatic amines is 1. The third-order valence-electron chi connectivity index (χ3n) is 3.81. The molecule has 1 aromatic carbocycles. The van der Waals surface area contributed by atoms with Gasteiger partial charge in [0.25, 0.3) is 5.56 Å². The van der Waals surface area contributed by atoms with Crippen molar-refractivity contribution in [2.75, 3.05) is 7.11 Å². The van der Waals surface area contributed by atoms with Gasteiger partial charge in [-0.05, 0) is 38.0 Å². The predicted molar refractivity (Wildman–Crippen MR) is 92.3 cm³/mol. The maximum atomic E-state index is 12.0. The first-order valence-corrected chi connectivity index (χ1v) is 7.91. The zero-order valence-electron chi connectivity index (χ0n) is 14.5. The molecule has 2 rings (SSSR count). The molecule has 0 saturated heterocycles. The van der Waals surface area contributed by atoms with Crippen molar-refractivity contribution in [2.45, 2.75) is 33.2 Å². The maximum Gasteiger partial charge on any atom is 0.337 e. The molecule has 0 atom stereocenters. The quantitative estimate of drug-likeness (QED) is 0.773. The highest BCUT2D eigenvalue weighted by molar-refractivity contribution is 5.89. The zero-order chi connectivity index (χ0) is 18.4. The standard InChI is InChI=1S/C18H21N3O4/c1-11-15(17(23)21-12(2)20-11)8-9-16(22)19-10-13-4-6-14(7-5-13)18(24)25-3/h4-7H,8-10H2,1-3H3,(H,19,22)(H,20,21,23). The van der Waals surface area contributed by atoms with Crippen molar-refractivity contribution >= 4 is 11.9 Å². The molecule has 0 aliphatic carbocycles. The zero-order valence-corrected chi connectivity index (χ0v) is 14.5. The Morgan fingerprint density at radius 2 is 1.88 bits per heavy atom. The van der Waals surface area contributed by atoms with Gasteiger partial charge in [0, 0.05) is 24.2 Å². The number of rotatable bonds is 6. The first-order valence-electron chi connectivity index (χ1n) is 7.91. The Hall–Kier alpha value is -2.96. The van der Waals surface area contributed by atoms with Gasteiger partial charge in [0.1, 0.15) is 5.82 Å². The van der Waals surface area contributed by atoms with Crippen LogP contribution in [0.1, 0.15) is 39.4 Å². The number of methoxy groups -OCH3 is 1. The number of ether oxygens (including phenoxy) is 1. The summed E-state index contributed by atoms with van der Waals surface area (Å²) in [5.41, 5.74) is 2.30. The van der Waals surface area contributed by atoms with Crippen LogP contribution in [0.2, 0.25) is 0 Å². The van der Waals surface area contributed by atoms with Crippen molar-refractivity contribution in [2.24, 2.45) is 0 Å². The maximum absolute atomic E-state index is 12.0. The first kappa shape index (κ1) is 18.4. The molecular formula is C18H21N3O4. The molecule has 132 valence electrons. The Labute approximate surface area is 145 Å². The predicted octanol–water partition coefficient (Wildman–Crippen LogP) is 1.42. The summed E-state index contributed by atoms with van der Waals surface area (Å²) < 4.78 is 4.63. The average Bonchev–Trinajstić information content (AvgIpc) is 2.58. The number of benzene rings is 1. The molecule has 25 heavy (non-hydrogen) atoms. The molecule has 7 heteroatoms. The number of aromatic nitrogens is 2. The number of carbonyl (C=O) groups excluding carboxylic acids is 2. The van der Waals surface area contributed by atoms with E-state index in [1.165, 1.54) is 7.11 Å². The first-order chi connectivity index (χ1) is 11.9. The van der Waals surface area contributed by atoms with Gasteiger partial charge < -0.3 is 15.0 Å². The Kier molecular flexibility index (Phi) is 6.05. The minimum atomic E-state index is -0.400. The number of hydrogen-bond acceptors (Lipinski definition) is 5. The van der Waals surface area contributed by atoms with Gasteiger partial charge in [-0.3, -0.25) is 9.59 Å². The number of nitrogens with zero attached hydrogens (tertiary/aromatic N) is 1. The molecular weight excluding hydrogens is 322 g/mol. The van der Waals surface area contributed by atoms with E-state index in [4.69, 9.17) is 0 Å². The number of H-pyrrole nitrogens is 1. The molecule has 7 nitrogen and oxygen atoms in total. The van der Waals surface area contributed by atoms with Gasteiger partial charge in [0.05, 0.1) is 12.7 Å². The lowest BCUT2D eigenvalue weighted by molar-refractivity contribution is -0.121. The van der Waals surface area contributed by atoms with Gasteiger partial charge in [-0.15, -0.1) is 0 Å². The normalized spacial score (nSPS) is 10.4. The van der Waals surface area contributed by atoms with Crippen LogP contribution in [-0.4, -0.2) is 29.0 Å². The number of aryl methyl sites for hydroxylation is 2. The number of hydrogen-bond donors (Lipinski definition) is 2. The second kappa shape index (κ2) is 8.23. The summed E-state index contributed by atoms with van der Waals surface area (Å²) in [7, 11) is 1.33. The fraction of sp³-hybridized carbons (Fsp3) is 0.333. The lowest BCUT2D eigenvalue weighted by atomic mass is 10.1. The molecule has 0 bridgehead atoms. The van der Waals surface area contributed by atoms with Crippen molar-refractivity contribution in [3.05, 3.63) is 62.8 Å². The van der Waals surface area contributed by atoms with E-state index < -0.39 is 5.97 Å². The van der Waals surface area contributed by atoms with Gasteiger partial charge in [0.15, 0.2) is 0 Å². The van der Waals surface area contributed by atoms with Crippen LogP contribution in [0.5, 0.6) is 0 Å². The van der Waals surface area contributed by atoms with E-state index >= 15 is 0 Å². The van der Waals surface area contributed by atoms with Crippen molar-refractivity contribution in [3.8, 4) is 0 Å². The van der Waals surface area contributed by atoms with Crippen LogP contribution in [0.15, 0.2) is 29.1 Å². The minimum absolute atomic E-state index is 0.156. The fourth-order valence-electron chi connectivity index (χ4n) is 2.45. The summed E-state index contributed by atoms with van der Waals surface area (Å²) in [6.45, 7) is 3.83. The summed E-state index contributed by atoms with van der Waals surface area (Å²) in [6.07, 6.45) is 0.538. The second-order valence-corrected chi connectivity index (χ2v) is 5.68. The summed E-state index contributed by atoms with van der Waals surface area (Å²) in [4.78, 5) is 42.1. The van der Waals surface area contributed by atoms with Crippen LogP contribution in [0.25, 0.3) is 0 Å². The highest BCUT2D eigenvalue weighted by atomic mass is 16.5. The Balaban J connectivity index is 1.87. The molecule has 0 saturated carbocycles. The largest absolute Gasteiger partial charge is 0.465 e. The average molecular weight is 343 g/mol. The topological polar surface area (TPSA) is 101 Å². The molecule has 1 aromatic heterocycles. The van der Waals surface area contributed by atoms with E-state index in [1.807, 2.05) is 0 Å². The second-order valence-electron chi connectivity index (χ2n) is 5.68. The molecule has 2 N–H and O–H groups in total. The van der Waals surface area contributed by atoms with Crippen LogP contribution in [0.4, 0.5) is 0 Å². The fourth-order valence-corrected chi connectivity index (χ4v) is 2.45. The number of esters is 1. The van der Waals surface area contributed by atoms with Crippen LogP contribution < -0.4 is 10.9 Å². The molecule has 0 unspecified atom stereocenters.